The Kier molecular flexibility index (Phi) is 5.29. The predicted molar refractivity (Wildman–Crippen MR) is 42.4 cm³/mol. The highest BCUT2D eigenvalue weighted by Gasteiger charge is 1.84. The third-order valence-electron chi connectivity index (χ3n) is 0.952. The molecule has 0 aliphatic rings. The molecule has 0 spiro atoms. The van der Waals surface area contributed by atoms with E-state index in [1.165, 1.54) is 24.2 Å². The third-order valence-corrected chi connectivity index (χ3v) is 1.65. The van der Waals surface area contributed by atoms with Crippen molar-refractivity contribution < 1.29 is 0 Å². The van der Waals surface area contributed by atoms with Crippen LogP contribution in [0, 0.1) is 0 Å². The van der Waals surface area contributed by atoms with Gasteiger partial charge in [0.05, 0.1) is 0 Å². The Hall–Kier alpha value is 0.0900. The standard InChI is InChI=1S/C7H14S/c1-7(2)5-4-6-8-3/h1,4-6H2,2-3H3. The van der Waals surface area contributed by atoms with Crippen molar-refractivity contribution in [1.82, 2.24) is 0 Å². The van der Waals surface area contributed by atoms with Gasteiger partial charge >= 0.3 is 0 Å². The minimum absolute atomic E-state index is 1.20. The summed E-state index contributed by atoms with van der Waals surface area (Å²) in [5.41, 5.74) is 1.30. The molecule has 0 aromatic carbocycles. The van der Waals surface area contributed by atoms with Crippen LogP contribution in [0.5, 0.6) is 0 Å². The van der Waals surface area contributed by atoms with Crippen molar-refractivity contribution in [1.29, 1.82) is 0 Å². The van der Waals surface area contributed by atoms with Gasteiger partial charge in [0.25, 0.3) is 0 Å². The van der Waals surface area contributed by atoms with Crippen LogP contribution in [-0.4, -0.2) is 12.0 Å². The van der Waals surface area contributed by atoms with Gasteiger partial charge in [0.2, 0.25) is 0 Å². The largest absolute Gasteiger partial charge is 0.165 e. The summed E-state index contributed by atoms with van der Waals surface area (Å²) < 4.78 is 0. The molecule has 0 heterocycles. The van der Waals surface area contributed by atoms with E-state index in [0.717, 1.165) is 0 Å². The van der Waals surface area contributed by atoms with E-state index in [1.807, 2.05) is 11.8 Å². The number of allylic oxidation sites excluding steroid dienone is 1. The zero-order valence-corrected chi connectivity index (χ0v) is 6.55. The molecule has 0 aliphatic heterocycles. The van der Waals surface area contributed by atoms with E-state index in [-0.39, 0.29) is 0 Å². The van der Waals surface area contributed by atoms with Crippen molar-refractivity contribution >= 4 is 11.8 Å². The first-order valence-electron chi connectivity index (χ1n) is 2.90. The highest BCUT2D eigenvalue weighted by Crippen LogP contribution is 2.04. The molecule has 0 rings (SSSR count). The lowest BCUT2D eigenvalue weighted by Gasteiger charge is -1.94. The number of rotatable bonds is 4. The van der Waals surface area contributed by atoms with Crippen molar-refractivity contribution in [3.63, 3.8) is 0 Å². The molecule has 0 amide bonds. The van der Waals surface area contributed by atoms with E-state index in [2.05, 4.69) is 19.8 Å². The van der Waals surface area contributed by atoms with Crippen LogP contribution in [-0.2, 0) is 0 Å². The summed E-state index contributed by atoms with van der Waals surface area (Å²) in [7, 11) is 0. The van der Waals surface area contributed by atoms with Crippen LogP contribution < -0.4 is 0 Å². The van der Waals surface area contributed by atoms with Gasteiger partial charge in [-0.3, -0.25) is 0 Å². The molecule has 0 saturated heterocycles. The summed E-state index contributed by atoms with van der Waals surface area (Å²) in [6.45, 7) is 5.90. The van der Waals surface area contributed by atoms with Crippen molar-refractivity contribution in [2.45, 2.75) is 19.8 Å². The number of hydrogen-bond acceptors (Lipinski definition) is 1. The topological polar surface area (TPSA) is 0 Å². The fourth-order valence-electron chi connectivity index (χ4n) is 0.518. The molecule has 0 nitrogen and oxygen atoms in total. The van der Waals surface area contributed by atoms with Crippen LogP contribution >= 0.6 is 11.8 Å². The summed E-state index contributed by atoms with van der Waals surface area (Å²) in [6, 6.07) is 0. The lowest BCUT2D eigenvalue weighted by Crippen LogP contribution is -1.78. The average molecular weight is 130 g/mol. The van der Waals surface area contributed by atoms with Crippen molar-refractivity contribution in [3.05, 3.63) is 12.2 Å². The van der Waals surface area contributed by atoms with E-state index in [9.17, 15) is 0 Å². The molecule has 8 heavy (non-hydrogen) atoms. The van der Waals surface area contributed by atoms with Crippen molar-refractivity contribution in [2.24, 2.45) is 0 Å². The zero-order chi connectivity index (χ0) is 6.41. The van der Waals surface area contributed by atoms with E-state index in [0.29, 0.717) is 0 Å². The summed E-state index contributed by atoms with van der Waals surface area (Å²) in [6.07, 6.45) is 4.62. The second kappa shape index (κ2) is 5.23. The van der Waals surface area contributed by atoms with Gasteiger partial charge in [-0.05, 0) is 31.8 Å². The molecule has 0 N–H and O–H groups in total. The molecule has 0 aliphatic carbocycles. The van der Waals surface area contributed by atoms with E-state index in [4.69, 9.17) is 0 Å². The molecule has 0 unspecified atom stereocenters. The second-order valence-corrected chi connectivity index (χ2v) is 3.04. The maximum Gasteiger partial charge on any atom is -0.00673 e. The summed E-state index contributed by atoms with van der Waals surface area (Å²) >= 11 is 1.90. The Balaban J connectivity index is 2.82. The SMILES string of the molecule is C=C(C)CCCSC. The molecule has 0 aromatic heterocycles. The molecular weight excluding hydrogens is 116 g/mol. The number of hydrogen-bond donors (Lipinski definition) is 0. The first kappa shape index (κ1) is 8.09. The lowest BCUT2D eigenvalue weighted by atomic mass is 10.2. The maximum atomic E-state index is 3.82. The molecule has 0 atom stereocenters. The first-order chi connectivity index (χ1) is 3.77. The van der Waals surface area contributed by atoms with Crippen LogP contribution in [0.25, 0.3) is 0 Å². The molecule has 0 bridgehead atoms. The highest BCUT2D eigenvalue weighted by molar-refractivity contribution is 7.98. The highest BCUT2D eigenvalue weighted by atomic mass is 32.2. The molecule has 0 aromatic rings. The van der Waals surface area contributed by atoms with Gasteiger partial charge in [0.15, 0.2) is 0 Å². The summed E-state index contributed by atoms with van der Waals surface area (Å²) in [5, 5.41) is 0. The van der Waals surface area contributed by atoms with Crippen molar-refractivity contribution in [2.75, 3.05) is 12.0 Å². The number of thioether (sulfide) groups is 1. The smallest absolute Gasteiger partial charge is 0.00673 e. The minimum Gasteiger partial charge on any atom is -0.165 e. The molecule has 48 valence electrons. The maximum absolute atomic E-state index is 3.82. The Morgan fingerprint density at radius 2 is 2.25 bits per heavy atom. The normalized spacial score (nSPS) is 9.25. The van der Waals surface area contributed by atoms with Gasteiger partial charge in [-0.1, -0.05) is 5.57 Å². The summed E-state index contributed by atoms with van der Waals surface area (Å²) in [4.78, 5) is 0. The van der Waals surface area contributed by atoms with E-state index in [1.54, 1.807) is 0 Å². The molecular formula is C7H14S. The van der Waals surface area contributed by atoms with E-state index >= 15 is 0 Å². The molecule has 1 heteroatoms. The predicted octanol–water partition coefficient (Wildman–Crippen LogP) is 2.71. The van der Waals surface area contributed by atoms with Gasteiger partial charge in [-0.15, -0.1) is 6.58 Å². The molecule has 0 fully saturated rings. The van der Waals surface area contributed by atoms with Crippen LogP contribution in [0.3, 0.4) is 0 Å². The Morgan fingerprint density at radius 3 is 2.62 bits per heavy atom. The lowest BCUT2D eigenvalue weighted by molar-refractivity contribution is 0.921. The van der Waals surface area contributed by atoms with Crippen LogP contribution in [0.1, 0.15) is 19.8 Å². The quantitative estimate of drug-likeness (QED) is 0.416. The van der Waals surface area contributed by atoms with Gasteiger partial charge in [0.1, 0.15) is 0 Å². The van der Waals surface area contributed by atoms with Crippen LogP contribution in [0.15, 0.2) is 12.2 Å². The van der Waals surface area contributed by atoms with Crippen LogP contribution in [0.4, 0.5) is 0 Å². The fraction of sp³-hybridized carbons (Fsp3) is 0.714. The molecule has 0 radical (unpaired) electrons. The Bertz CT molecular complexity index is 66.8. The average Bonchev–Trinajstić information content (AvgIpc) is 1.66. The first-order valence-corrected chi connectivity index (χ1v) is 4.30. The minimum atomic E-state index is 1.20. The van der Waals surface area contributed by atoms with Gasteiger partial charge in [-0.25, -0.2) is 0 Å². The Labute approximate surface area is 56.4 Å². The van der Waals surface area contributed by atoms with Gasteiger partial charge in [0, 0.05) is 0 Å². The van der Waals surface area contributed by atoms with Crippen molar-refractivity contribution in [3.8, 4) is 0 Å². The zero-order valence-electron chi connectivity index (χ0n) is 5.74. The fourth-order valence-corrected chi connectivity index (χ4v) is 0.951. The second-order valence-electron chi connectivity index (χ2n) is 2.05. The van der Waals surface area contributed by atoms with Gasteiger partial charge in [-0.2, -0.15) is 11.8 Å². The van der Waals surface area contributed by atoms with Crippen LogP contribution in [0.2, 0.25) is 0 Å². The molecule has 0 saturated carbocycles. The van der Waals surface area contributed by atoms with E-state index < -0.39 is 0 Å². The summed E-state index contributed by atoms with van der Waals surface area (Å²) in [5.74, 6) is 1.27. The monoisotopic (exact) mass is 130 g/mol. The van der Waals surface area contributed by atoms with Gasteiger partial charge < -0.3 is 0 Å². The third kappa shape index (κ3) is 6.09. The Morgan fingerprint density at radius 1 is 1.62 bits per heavy atom.